The number of amides is 1. The second kappa shape index (κ2) is 10.1. The van der Waals surface area contributed by atoms with Crippen LogP contribution in [-0.2, 0) is 9.53 Å². The van der Waals surface area contributed by atoms with E-state index >= 15 is 0 Å². The summed E-state index contributed by atoms with van der Waals surface area (Å²) in [5.74, 6) is -0.430. The van der Waals surface area contributed by atoms with Crippen molar-refractivity contribution in [2.75, 3.05) is 25.1 Å². The van der Waals surface area contributed by atoms with E-state index in [1.54, 1.807) is 36.4 Å². The van der Waals surface area contributed by atoms with Crippen LogP contribution in [0.5, 0.6) is 11.5 Å². The molecule has 1 N–H and O–H groups in total. The Labute approximate surface area is 163 Å². The number of anilines is 1. The van der Waals surface area contributed by atoms with Crippen LogP contribution < -0.4 is 14.8 Å². The number of benzene rings is 2. The molecule has 0 fully saturated rings. The number of para-hydroxylation sites is 1. The summed E-state index contributed by atoms with van der Waals surface area (Å²) in [5, 5.41) is 2.57. The molecule has 0 bridgehead atoms. The van der Waals surface area contributed by atoms with Crippen molar-refractivity contribution in [3.63, 3.8) is 0 Å². The van der Waals surface area contributed by atoms with E-state index < -0.39 is 18.5 Å². The van der Waals surface area contributed by atoms with Crippen LogP contribution >= 0.6 is 0 Å². The van der Waals surface area contributed by atoms with Crippen LogP contribution in [0.25, 0.3) is 0 Å². The van der Waals surface area contributed by atoms with Crippen molar-refractivity contribution in [1.29, 1.82) is 0 Å². The normalized spacial score (nSPS) is 10.1. The number of Topliss-reactive ketones (excluding diaryl/α,β-unsaturated/α-hetero) is 1. The number of hydrogen-bond acceptors (Lipinski definition) is 6. The van der Waals surface area contributed by atoms with E-state index in [9.17, 15) is 14.4 Å². The molecule has 0 aliphatic heterocycles. The Morgan fingerprint density at radius 1 is 0.929 bits per heavy atom. The summed E-state index contributed by atoms with van der Waals surface area (Å²) in [6, 6.07) is 11.3. The largest absolute Gasteiger partial charge is 0.490 e. The summed E-state index contributed by atoms with van der Waals surface area (Å²) < 4.78 is 16.0. The summed E-state index contributed by atoms with van der Waals surface area (Å²) in [6.07, 6.45) is 0. The summed E-state index contributed by atoms with van der Waals surface area (Å²) in [7, 11) is 0. The minimum absolute atomic E-state index is 0.175. The fourth-order valence-corrected chi connectivity index (χ4v) is 2.48. The van der Waals surface area contributed by atoms with Gasteiger partial charge >= 0.3 is 5.97 Å². The van der Waals surface area contributed by atoms with E-state index in [4.69, 9.17) is 14.2 Å². The third-order valence-corrected chi connectivity index (χ3v) is 3.69. The molecule has 7 heteroatoms. The molecule has 0 saturated heterocycles. The zero-order chi connectivity index (χ0) is 20.5. The molecule has 0 radical (unpaired) electrons. The number of rotatable bonds is 9. The lowest BCUT2D eigenvalue weighted by Crippen LogP contribution is -2.22. The lowest BCUT2D eigenvalue weighted by Gasteiger charge is -2.12. The zero-order valence-corrected chi connectivity index (χ0v) is 16.1. The third-order valence-electron chi connectivity index (χ3n) is 3.69. The van der Waals surface area contributed by atoms with Crippen molar-refractivity contribution in [3.8, 4) is 11.5 Å². The lowest BCUT2D eigenvalue weighted by atomic mass is 10.1. The van der Waals surface area contributed by atoms with Crippen LogP contribution in [0.4, 0.5) is 5.69 Å². The molecule has 2 aromatic carbocycles. The number of nitrogens with one attached hydrogen (secondary N) is 1. The summed E-state index contributed by atoms with van der Waals surface area (Å²) in [4.78, 5) is 35.9. The molecule has 0 atom stereocenters. The number of carbonyl (C=O) groups excluding carboxylic acids is 3. The monoisotopic (exact) mass is 385 g/mol. The van der Waals surface area contributed by atoms with Crippen molar-refractivity contribution in [2.24, 2.45) is 0 Å². The van der Waals surface area contributed by atoms with E-state index in [0.29, 0.717) is 36.0 Å². The number of ketones is 1. The molecular formula is C21H23NO6. The minimum atomic E-state index is -0.668. The Hall–Kier alpha value is -3.35. The van der Waals surface area contributed by atoms with E-state index in [1.807, 2.05) is 13.8 Å². The summed E-state index contributed by atoms with van der Waals surface area (Å²) >= 11 is 0. The van der Waals surface area contributed by atoms with Gasteiger partial charge in [0.05, 0.1) is 24.5 Å². The number of carbonyl (C=O) groups is 3. The van der Waals surface area contributed by atoms with Crippen LogP contribution in [0.15, 0.2) is 42.5 Å². The predicted molar refractivity (Wildman–Crippen MR) is 104 cm³/mol. The molecule has 0 heterocycles. The average Bonchev–Trinajstić information content (AvgIpc) is 2.68. The van der Waals surface area contributed by atoms with E-state index in [0.717, 1.165) is 0 Å². The van der Waals surface area contributed by atoms with E-state index in [-0.39, 0.29) is 11.3 Å². The molecule has 0 saturated carbocycles. The lowest BCUT2D eigenvalue weighted by molar-refractivity contribution is -0.119. The minimum Gasteiger partial charge on any atom is -0.490 e. The average molecular weight is 385 g/mol. The SMILES string of the molecule is CCOc1ccc(C(=O)OCC(=O)Nc2ccccc2C(C)=O)cc1OCC. The molecule has 0 aromatic heterocycles. The standard InChI is InChI=1S/C21H23NO6/c1-4-26-18-11-10-15(12-19(18)27-5-2)21(25)28-13-20(24)22-17-9-7-6-8-16(17)14(3)23/h6-12H,4-5,13H2,1-3H3,(H,22,24). The second-order valence-electron chi connectivity index (χ2n) is 5.75. The maximum atomic E-state index is 12.2. The number of esters is 1. The fourth-order valence-electron chi connectivity index (χ4n) is 2.48. The first-order chi connectivity index (χ1) is 13.5. The van der Waals surface area contributed by atoms with Crippen LogP contribution in [-0.4, -0.2) is 37.5 Å². The Bertz CT molecular complexity index is 862. The van der Waals surface area contributed by atoms with Gasteiger partial charge in [-0.2, -0.15) is 0 Å². The number of hydrogen-bond donors (Lipinski definition) is 1. The smallest absolute Gasteiger partial charge is 0.338 e. The first-order valence-electron chi connectivity index (χ1n) is 8.92. The molecular weight excluding hydrogens is 362 g/mol. The van der Waals surface area contributed by atoms with Crippen molar-refractivity contribution in [3.05, 3.63) is 53.6 Å². The molecule has 7 nitrogen and oxygen atoms in total. The Morgan fingerprint density at radius 2 is 1.61 bits per heavy atom. The molecule has 0 aliphatic rings. The maximum Gasteiger partial charge on any atom is 0.338 e. The third kappa shape index (κ3) is 5.57. The second-order valence-corrected chi connectivity index (χ2v) is 5.75. The molecule has 0 aliphatic carbocycles. The van der Waals surface area contributed by atoms with Gasteiger partial charge in [0.15, 0.2) is 23.9 Å². The van der Waals surface area contributed by atoms with Gasteiger partial charge < -0.3 is 19.5 Å². The zero-order valence-electron chi connectivity index (χ0n) is 16.1. The van der Waals surface area contributed by atoms with E-state index in [2.05, 4.69) is 5.32 Å². The van der Waals surface area contributed by atoms with Gasteiger partial charge in [-0.3, -0.25) is 9.59 Å². The topological polar surface area (TPSA) is 90.9 Å². The van der Waals surface area contributed by atoms with Gasteiger partial charge in [-0.05, 0) is 51.1 Å². The molecule has 2 aromatic rings. The molecule has 2 rings (SSSR count). The van der Waals surface area contributed by atoms with Crippen LogP contribution in [0.2, 0.25) is 0 Å². The highest BCUT2D eigenvalue weighted by Crippen LogP contribution is 2.28. The quantitative estimate of drug-likeness (QED) is 0.525. The highest BCUT2D eigenvalue weighted by Gasteiger charge is 2.15. The number of ether oxygens (including phenoxy) is 3. The molecule has 1 amide bonds. The van der Waals surface area contributed by atoms with Crippen molar-refractivity contribution in [2.45, 2.75) is 20.8 Å². The maximum absolute atomic E-state index is 12.2. The van der Waals surface area contributed by atoms with E-state index in [1.165, 1.54) is 13.0 Å². The molecule has 0 unspecified atom stereocenters. The first-order valence-corrected chi connectivity index (χ1v) is 8.92. The van der Waals surface area contributed by atoms with Crippen LogP contribution in [0.3, 0.4) is 0 Å². The summed E-state index contributed by atoms with van der Waals surface area (Å²) in [5.41, 5.74) is 0.995. The van der Waals surface area contributed by atoms with Gasteiger partial charge in [-0.25, -0.2) is 4.79 Å². The van der Waals surface area contributed by atoms with Crippen molar-refractivity contribution < 1.29 is 28.6 Å². The van der Waals surface area contributed by atoms with Gasteiger partial charge in [-0.1, -0.05) is 12.1 Å². The molecule has 28 heavy (non-hydrogen) atoms. The Kier molecular flexibility index (Phi) is 7.56. The predicted octanol–water partition coefficient (Wildman–Crippen LogP) is 3.48. The van der Waals surface area contributed by atoms with Gasteiger partial charge in [-0.15, -0.1) is 0 Å². The van der Waals surface area contributed by atoms with Crippen LogP contribution in [0, 0.1) is 0 Å². The van der Waals surface area contributed by atoms with Crippen LogP contribution in [0.1, 0.15) is 41.5 Å². The van der Waals surface area contributed by atoms with Crippen molar-refractivity contribution >= 4 is 23.3 Å². The summed E-state index contributed by atoms with van der Waals surface area (Å²) in [6.45, 7) is 5.47. The molecule has 148 valence electrons. The van der Waals surface area contributed by atoms with Gasteiger partial charge in [0.25, 0.3) is 5.91 Å². The van der Waals surface area contributed by atoms with Gasteiger partial charge in [0.2, 0.25) is 0 Å². The first kappa shape index (κ1) is 21.0. The highest BCUT2D eigenvalue weighted by atomic mass is 16.5. The highest BCUT2D eigenvalue weighted by molar-refractivity contribution is 6.04. The molecule has 0 spiro atoms. The van der Waals surface area contributed by atoms with Crippen molar-refractivity contribution in [1.82, 2.24) is 0 Å². The fraction of sp³-hybridized carbons (Fsp3) is 0.286. The Balaban J connectivity index is 2.01. The Morgan fingerprint density at radius 3 is 2.29 bits per heavy atom. The van der Waals surface area contributed by atoms with Gasteiger partial charge in [0.1, 0.15) is 0 Å². The van der Waals surface area contributed by atoms with Gasteiger partial charge in [0, 0.05) is 5.56 Å².